The van der Waals surface area contributed by atoms with Crippen LogP contribution in [0.3, 0.4) is 0 Å². The number of aromatic nitrogens is 2. The lowest BCUT2D eigenvalue weighted by Crippen LogP contribution is -2.37. The van der Waals surface area contributed by atoms with Gasteiger partial charge >= 0.3 is 6.03 Å². The number of thiophene rings is 1. The Balaban J connectivity index is 1.58. The predicted octanol–water partition coefficient (Wildman–Crippen LogP) is 2.12. The van der Waals surface area contributed by atoms with E-state index in [9.17, 15) is 4.79 Å². The Morgan fingerprint density at radius 2 is 2.25 bits per heavy atom. The quantitative estimate of drug-likeness (QED) is 0.851. The first-order chi connectivity index (χ1) is 9.83. The van der Waals surface area contributed by atoms with Crippen LogP contribution in [0, 0.1) is 0 Å². The molecule has 0 aromatic carbocycles. The maximum atomic E-state index is 12.3. The van der Waals surface area contributed by atoms with Gasteiger partial charge in [0.1, 0.15) is 6.33 Å². The number of nitrogens with zero attached hydrogens (tertiary/aromatic N) is 4. The Bertz CT molecular complexity index is 538. The molecule has 6 heteroatoms. The van der Waals surface area contributed by atoms with E-state index in [4.69, 9.17) is 0 Å². The van der Waals surface area contributed by atoms with Gasteiger partial charge in [-0.15, -0.1) is 11.3 Å². The summed E-state index contributed by atoms with van der Waals surface area (Å²) in [6, 6.07) is 4.29. The van der Waals surface area contributed by atoms with Gasteiger partial charge in [0.05, 0.1) is 0 Å². The zero-order valence-electron chi connectivity index (χ0n) is 11.3. The van der Waals surface area contributed by atoms with Crippen molar-refractivity contribution in [3.63, 3.8) is 0 Å². The molecule has 0 aliphatic carbocycles. The maximum Gasteiger partial charge on any atom is 0.329 e. The van der Waals surface area contributed by atoms with Crippen LogP contribution in [0.25, 0.3) is 0 Å². The molecule has 2 aromatic heterocycles. The van der Waals surface area contributed by atoms with Gasteiger partial charge in [-0.05, 0) is 17.9 Å². The number of rotatable bonds is 2. The average Bonchev–Trinajstić information content (AvgIpc) is 3.10. The van der Waals surface area contributed by atoms with Crippen molar-refractivity contribution < 1.29 is 4.79 Å². The van der Waals surface area contributed by atoms with Crippen LogP contribution in [0.1, 0.15) is 11.3 Å². The van der Waals surface area contributed by atoms with Crippen molar-refractivity contribution >= 4 is 17.4 Å². The van der Waals surface area contributed by atoms with Gasteiger partial charge in [0.25, 0.3) is 0 Å². The minimum atomic E-state index is 0.0282. The summed E-state index contributed by atoms with van der Waals surface area (Å²) in [7, 11) is 0. The van der Waals surface area contributed by atoms with Gasteiger partial charge < -0.3 is 4.90 Å². The fourth-order valence-electron chi connectivity index (χ4n) is 2.48. The monoisotopic (exact) mass is 290 g/mol. The molecule has 20 heavy (non-hydrogen) atoms. The largest absolute Gasteiger partial charge is 0.329 e. The highest BCUT2D eigenvalue weighted by atomic mass is 32.1. The SMILES string of the molecule is O=C(N1CCCN(Cc2cccs2)CC1)n1ccnc1. The zero-order chi connectivity index (χ0) is 13.8. The lowest BCUT2D eigenvalue weighted by Gasteiger charge is -2.21. The van der Waals surface area contributed by atoms with Crippen molar-refractivity contribution in [2.75, 3.05) is 26.2 Å². The minimum absolute atomic E-state index is 0.0282. The topological polar surface area (TPSA) is 41.4 Å². The molecule has 0 unspecified atom stereocenters. The van der Waals surface area contributed by atoms with Crippen molar-refractivity contribution in [3.05, 3.63) is 41.1 Å². The molecule has 0 saturated carbocycles. The van der Waals surface area contributed by atoms with Crippen LogP contribution >= 0.6 is 11.3 Å². The summed E-state index contributed by atoms with van der Waals surface area (Å²) >= 11 is 1.79. The van der Waals surface area contributed by atoms with Crippen LogP contribution in [0.15, 0.2) is 36.2 Å². The molecule has 1 amide bonds. The Kier molecular flexibility index (Phi) is 4.13. The predicted molar refractivity (Wildman–Crippen MR) is 78.8 cm³/mol. The molecule has 0 N–H and O–H groups in total. The third-order valence-electron chi connectivity index (χ3n) is 3.54. The van der Waals surface area contributed by atoms with Gasteiger partial charge in [-0.2, -0.15) is 0 Å². The molecule has 1 fully saturated rings. The van der Waals surface area contributed by atoms with E-state index in [2.05, 4.69) is 27.4 Å². The number of carbonyl (C=O) groups excluding carboxylic acids is 1. The summed E-state index contributed by atoms with van der Waals surface area (Å²) in [5.41, 5.74) is 0. The molecular formula is C14H18N4OS. The highest BCUT2D eigenvalue weighted by Crippen LogP contribution is 2.14. The first-order valence-electron chi connectivity index (χ1n) is 6.85. The van der Waals surface area contributed by atoms with E-state index in [1.807, 2.05) is 4.90 Å². The lowest BCUT2D eigenvalue weighted by molar-refractivity contribution is 0.199. The summed E-state index contributed by atoms with van der Waals surface area (Å²) in [4.78, 5) is 21.9. The van der Waals surface area contributed by atoms with Crippen molar-refractivity contribution in [1.29, 1.82) is 0 Å². The van der Waals surface area contributed by atoms with Gasteiger partial charge in [-0.1, -0.05) is 6.07 Å². The van der Waals surface area contributed by atoms with Crippen LogP contribution in [0.4, 0.5) is 4.79 Å². The van der Waals surface area contributed by atoms with E-state index < -0.39 is 0 Å². The van der Waals surface area contributed by atoms with E-state index in [0.29, 0.717) is 0 Å². The second-order valence-corrected chi connectivity index (χ2v) is 5.98. The van der Waals surface area contributed by atoms with Crippen molar-refractivity contribution in [1.82, 2.24) is 19.4 Å². The number of amides is 1. The van der Waals surface area contributed by atoms with Gasteiger partial charge in [0, 0.05) is 50.0 Å². The summed E-state index contributed by atoms with van der Waals surface area (Å²) in [5.74, 6) is 0. The number of carbonyl (C=O) groups is 1. The van der Waals surface area contributed by atoms with E-state index in [1.54, 1.807) is 34.6 Å². The second kappa shape index (κ2) is 6.19. The van der Waals surface area contributed by atoms with Gasteiger partial charge in [-0.25, -0.2) is 9.78 Å². The third-order valence-corrected chi connectivity index (χ3v) is 4.41. The molecule has 5 nitrogen and oxygen atoms in total. The summed E-state index contributed by atoms with van der Waals surface area (Å²) in [5, 5.41) is 2.11. The number of hydrogen-bond donors (Lipinski definition) is 0. The van der Waals surface area contributed by atoms with Crippen LogP contribution in [-0.2, 0) is 6.54 Å². The smallest absolute Gasteiger partial charge is 0.323 e. The van der Waals surface area contributed by atoms with Gasteiger partial charge in [-0.3, -0.25) is 9.47 Å². The molecule has 0 radical (unpaired) electrons. The number of imidazole rings is 1. The summed E-state index contributed by atoms with van der Waals surface area (Å²) < 4.78 is 1.55. The van der Waals surface area contributed by atoms with Crippen LogP contribution in [0.2, 0.25) is 0 Å². The van der Waals surface area contributed by atoms with E-state index in [0.717, 1.165) is 39.1 Å². The standard InChI is InChI=1S/C14H18N4OS/c19-14(18-7-4-15-12-18)17-6-2-5-16(8-9-17)11-13-3-1-10-20-13/h1,3-4,7,10,12H,2,5-6,8-9,11H2. The second-order valence-electron chi connectivity index (χ2n) is 4.95. The molecule has 3 rings (SSSR count). The Labute approximate surface area is 122 Å². The summed E-state index contributed by atoms with van der Waals surface area (Å²) in [6.45, 7) is 4.56. The maximum absolute atomic E-state index is 12.3. The molecule has 0 atom stereocenters. The minimum Gasteiger partial charge on any atom is -0.323 e. The Morgan fingerprint density at radius 1 is 1.30 bits per heavy atom. The molecule has 2 aromatic rings. The molecule has 3 heterocycles. The molecular weight excluding hydrogens is 272 g/mol. The lowest BCUT2D eigenvalue weighted by atomic mass is 10.3. The fourth-order valence-corrected chi connectivity index (χ4v) is 3.22. The molecule has 106 valence electrons. The first kappa shape index (κ1) is 13.3. The Hall–Kier alpha value is -1.66. The van der Waals surface area contributed by atoms with Crippen molar-refractivity contribution in [3.8, 4) is 0 Å². The van der Waals surface area contributed by atoms with Crippen LogP contribution < -0.4 is 0 Å². The van der Waals surface area contributed by atoms with Crippen molar-refractivity contribution in [2.24, 2.45) is 0 Å². The fraction of sp³-hybridized carbons (Fsp3) is 0.429. The Morgan fingerprint density at radius 3 is 3.00 bits per heavy atom. The summed E-state index contributed by atoms with van der Waals surface area (Å²) in [6.07, 6.45) is 5.93. The highest BCUT2D eigenvalue weighted by Gasteiger charge is 2.20. The van der Waals surface area contributed by atoms with Crippen LogP contribution in [-0.4, -0.2) is 51.6 Å². The third kappa shape index (κ3) is 3.08. The van der Waals surface area contributed by atoms with Gasteiger partial charge in [0.15, 0.2) is 0 Å². The highest BCUT2D eigenvalue weighted by molar-refractivity contribution is 7.09. The molecule has 0 bridgehead atoms. The molecule has 1 saturated heterocycles. The van der Waals surface area contributed by atoms with Crippen LogP contribution in [0.5, 0.6) is 0 Å². The average molecular weight is 290 g/mol. The molecule has 1 aliphatic rings. The first-order valence-corrected chi connectivity index (χ1v) is 7.73. The van der Waals surface area contributed by atoms with E-state index in [-0.39, 0.29) is 6.03 Å². The normalized spacial score (nSPS) is 17.1. The molecule has 0 spiro atoms. The van der Waals surface area contributed by atoms with Crippen molar-refractivity contribution in [2.45, 2.75) is 13.0 Å². The number of hydrogen-bond acceptors (Lipinski definition) is 4. The molecule has 1 aliphatic heterocycles. The zero-order valence-corrected chi connectivity index (χ0v) is 12.1. The van der Waals surface area contributed by atoms with E-state index in [1.165, 1.54) is 4.88 Å². The van der Waals surface area contributed by atoms with Gasteiger partial charge in [0.2, 0.25) is 0 Å². The van der Waals surface area contributed by atoms with E-state index >= 15 is 0 Å².